The molecule has 2 aromatic carbocycles. The van der Waals surface area contributed by atoms with E-state index in [0.717, 1.165) is 11.3 Å². The van der Waals surface area contributed by atoms with Crippen LogP contribution in [-0.2, 0) is 9.59 Å². The number of carbonyl (C=O) groups excluding carboxylic acids is 2. The number of carbonyl (C=O) groups is 2. The van der Waals surface area contributed by atoms with Crippen molar-refractivity contribution in [3.05, 3.63) is 47.5 Å². The quantitative estimate of drug-likeness (QED) is 0.550. The zero-order valence-electron chi connectivity index (χ0n) is 16.9. The summed E-state index contributed by atoms with van der Waals surface area (Å²) in [5.41, 5.74) is 1.18. The SMILES string of the molecule is CCC[NH+](CC(=O)Nc1ccc(OC)c(Cl)c1)CC(=O)Nc1ccccc1OC. The Morgan fingerprint density at radius 2 is 1.62 bits per heavy atom. The maximum Gasteiger partial charge on any atom is 0.279 e. The topological polar surface area (TPSA) is 81.1 Å². The second-order valence-electron chi connectivity index (χ2n) is 6.50. The molecule has 0 spiro atoms. The highest BCUT2D eigenvalue weighted by atomic mass is 35.5. The highest BCUT2D eigenvalue weighted by molar-refractivity contribution is 6.32. The average Bonchev–Trinajstić information content (AvgIpc) is 2.68. The number of benzene rings is 2. The van der Waals surface area contributed by atoms with Gasteiger partial charge in [-0.1, -0.05) is 30.7 Å². The fourth-order valence-corrected chi connectivity index (χ4v) is 3.20. The van der Waals surface area contributed by atoms with Crippen molar-refractivity contribution < 1.29 is 24.0 Å². The number of rotatable bonds is 10. The fraction of sp³-hybridized carbons (Fsp3) is 0.333. The largest absolute Gasteiger partial charge is 0.495 e. The lowest BCUT2D eigenvalue weighted by atomic mass is 10.3. The number of anilines is 2. The summed E-state index contributed by atoms with van der Waals surface area (Å²) < 4.78 is 10.4. The highest BCUT2D eigenvalue weighted by Gasteiger charge is 2.19. The first kappa shape index (κ1) is 22.5. The third-order valence-electron chi connectivity index (χ3n) is 4.24. The van der Waals surface area contributed by atoms with Crippen LogP contribution in [0.4, 0.5) is 11.4 Å². The first-order valence-electron chi connectivity index (χ1n) is 9.36. The van der Waals surface area contributed by atoms with Gasteiger partial charge in [-0.25, -0.2) is 0 Å². The molecule has 7 nitrogen and oxygen atoms in total. The van der Waals surface area contributed by atoms with Gasteiger partial charge in [0.15, 0.2) is 13.1 Å². The normalized spacial score (nSPS) is 11.4. The summed E-state index contributed by atoms with van der Waals surface area (Å²) in [5.74, 6) is 0.751. The zero-order valence-corrected chi connectivity index (χ0v) is 17.6. The van der Waals surface area contributed by atoms with Crippen LogP contribution in [0.3, 0.4) is 0 Å². The number of hydrogen-bond donors (Lipinski definition) is 3. The minimum Gasteiger partial charge on any atom is -0.495 e. The van der Waals surface area contributed by atoms with E-state index < -0.39 is 0 Å². The van der Waals surface area contributed by atoms with Gasteiger partial charge in [-0.15, -0.1) is 0 Å². The van der Waals surface area contributed by atoms with Crippen molar-refractivity contribution >= 4 is 34.8 Å². The third kappa shape index (κ3) is 6.96. The third-order valence-corrected chi connectivity index (χ3v) is 4.54. The summed E-state index contributed by atoms with van der Waals surface area (Å²) in [5, 5.41) is 6.07. The Balaban J connectivity index is 1.95. The summed E-state index contributed by atoms with van der Waals surface area (Å²) >= 11 is 6.09. The maximum absolute atomic E-state index is 12.5. The monoisotopic (exact) mass is 420 g/mol. The van der Waals surface area contributed by atoms with E-state index in [1.165, 1.54) is 7.11 Å². The Bertz CT molecular complexity index is 844. The van der Waals surface area contributed by atoms with Crippen LogP contribution in [0, 0.1) is 0 Å². The number of hydrogen-bond acceptors (Lipinski definition) is 4. The van der Waals surface area contributed by atoms with Crippen molar-refractivity contribution in [1.82, 2.24) is 0 Å². The molecule has 29 heavy (non-hydrogen) atoms. The van der Waals surface area contributed by atoms with Crippen LogP contribution in [0.2, 0.25) is 5.02 Å². The van der Waals surface area contributed by atoms with Crippen molar-refractivity contribution in [2.75, 3.05) is 44.5 Å². The Morgan fingerprint density at radius 3 is 2.24 bits per heavy atom. The van der Waals surface area contributed by atoms with Crippen LogP contribution in [0.5, 0.6) is 11.5 Å². The molecule has 3 N–H and O–H groups in total. The predicted octanol–water partition coefficient (Wildman–Crippen LogP) is 2.23. The number of amides is 2. The van der Waals surface area contributed by atoms with Gasteiger partial charge in [0.25, 0.3) is 11.8 Å². The van der Waals surface area contributed by atoms with Gasteiger partial charge in [0, 0.05) is 5.69 Å². The number of quaternary nitrogens is 1. The van der Waals surface area contributed by atoms with Crippen molar-refractivity contribution in [2.24, 2.45) is 0 Å². The van der Waals surface area contributed by atoms with E-state index in [0.29, 0.717) is 34.4 Å². The lowest BCUT2D eigenvalue weighted by Crippen LogP contribution is -3.14. The van der Waals surface area contributed by atoms with Crippen LogP contribution in [-0.4, -0.2) is 45.7 Å². The van der Waals surface area contributed by atoms with Gasteiger partial charge in [0.2, 0.25) is 0 Å². The van der Waals surface area contributed by atoms with Crippen LogP contribution in [0.1, 0.15) is 13.3 Å². The molecule has 1 atom stereocenters. The van der Waals surface area contributed by atoms with Gasteiger partial charge in [-0.05, 0) is 36.8 Å². The number of methoxy groups -OCH3 is 2. The number of ether oxygens (including phenoxy) is 2. The van der Waals surface area contributed by atoms with Gasteiger partial charge in [0.05, 0.1) is 31.5 Å². The number of nitrogens with one attached hydrogen (secondary N) is 3. The molecule has 0 heterocycles. The van der Waals surface area contributed by atoms with Gasteiger partial charge in [-0.3, -0.25) is 9.59 Å². The van der Waals surface area contributed by atoms with E-state index in [9.17, 15) is 9.59 Å². The Morgan fingerprint density at radius 1 is 0.966 bits per heavy atom. The molecular formula is C21H27ClN3O4+. The van der Waals surface area contributed by atoms with E-state index in [2.05, 4.69) is 10.6 Å². The van der Waals surface area contributed by atoms with Gasteiger partial charge < -0.3 is 25.0 Å². The van der Waals surface area contributed by atoms with Crippen LogP contribution in [0.15, 0.2) is 42.5 Å². The second-order valence-corrected chi connectivity index (χ2v) is 6.91. The summed E-state index contributed by atoms with van der Waals surface area (Å²) in [6, 6.07) is 12.2. The lowest BCUT2D eigenvalue weighted by Gasteiger charge is -2.18. The summed E-state index contributed by atoms with van der Waals surface area (Å²) in [6.45, 7) is 3.04. The molecule has 2 amide bonds. The Hall–Kier alpha value is -2.77. The van der Waals surface area contributed by atoms with Crippen LogP contribution < -0.4 is 25.0 Å². The van der Waals surface area contributed by atoms with E-state index in [4.69, 9.17) is 21.1 Å². The molecule has 0 saturated carbocycles. The standard InChI is InChI=1S/C21H26ClN3O4/c1-4-11-25(14-21(27)24-17-7-5-6-8-19(17)29-3)13-20(26)23-15-9-10-18(28-2)16(22)12-15/h5-10,12H,4,11,13-14H2,1-3H3,(H,23,26)(H,24,27)/p+1. The molecule has 0 saturated heterocycles. The van der Waals surface area contributed by atoms with E-state index in [1.54, 1.807) is 37.4 Å². The number of halogens is 1. The minimum absolute atomic E-state index is 0.164. The molecule has 2 aromatic rings. The molecule has 0 aromatic heterocycles. The first-order chi connectivity index (χ1) is 14.0. The van der Waals surface area contributed by atoms with Crippen molar-refractivity contribution in [1.29, 1.82) is 0 Å². The second kappa shape index (κ2) is 11.3. The number of para-hydroxylation sites is 2. The van der Waals surface area contributed by atoms with E-state index in [1.807, 2.05) is 19.1 Å². The van der Waals surface area contributed by atoms with Gasteiger partial charge in [-0.2, -0.15) is 0 Å². The molecule has 0 aliphatic heterocycles. The zero-order chi connectivity index (χ0) is 21.2. The summed E-state index contributed by atoms with van der Waals surface area (Å²) in [7, 11) is 3.08. The summed E-state index contributed by atoms with van der Waals surface area (Å²) in [4.78, 5) is 25.8. The molecule has 8 heteroatoms. The molecular weight excluding hydrogens is 394 g/mol. The molecule has 0 fully saturated rings. The molecule has 0 aliphatic rings. The van der Waals surface area contributed by atoms with Crippen LogP contribution >= 0.6 is 11.6 Å². The minimum atomic E-state index is -0.195. The fourth-order valence-electron chi connectivity index (χ4n) is 2.94. The lowest BCUT2D eigenvalue weighted by molar-refractivity contribution is -0.883. The Kier molecular flexibility index (Phi) is 8.76. The highest BCUT2D eigenvalue weighted by Crippen LogP contribution is 2.27. The Labute approximate surface area is 175 Å². The van der Waals surface area contributed by atoms with E-state index in [-0.39, 0.29) is 24.9 Å². The van der Waals surface area contributed by atoms with Crippen molar-refractivity contribution in [3.63, 3.8) is 0 Å². The molecule has 156 valence electrons. The molecule has 0 radical (unpaired) electrons. The predicted molar refractivity (Wildman–Crippen MR) is 114 cm³/mol. The van der Waals surface area contributed by atoms with Gasteiger partial charge in [0.1, 0.15) is 11.5 Å². The molecule has 0 aliphatic carbocycles. The average molecular weight is 421 g/mol. The molecule has 2 rings (SSSR count). The molecule has 0 bridgehead atoms. The smallest absolute Gasteiger partial charge is 0.279 e. The first-order valence-corrected chi connectivity index (χ1v) is 9.74. The van der Waals surface area contributed by atoms with E-state index >= 15 is 0 Å². The van der Waals surface area contributed by atoms with Gasteiger partial charge >= 0.3 is 0 Å². The summed E-state index contributed by atoms with van der Waals surface area (Å²) in [6.07, 6.45) is 0.846. The van der Waals surface area contributed by atoms with Crippen molar-refractivity contribution in [2.45, 2.75) is 13.3 Å². The molecule has 1 unspecified atom stereocenters. The van der Waals surface area contributed by atoms with Crippen LogP contribution in [0.25, 0.3) is 0 Å². The maximum atomic E-state index is 12.5. The van der Waals surface area contributed by atoms with Crippen molar-refractivity contribution in [3.8, 4) is 11.5 Å².